The number of hydrogen-bond donors (Lipinski definition) is 2. The van der Waals surface area contributed by atoms with Crippen LogP contribution in [0.3, 0.4) is 0 Å². The van der Waals surface area contributed by atoms with Gasteiger partial charge in [-0.05, 0) is 50.2 Å². The Hall–Kier alpha value is -2.89. The van der Waals surface area contributed by atoms with Crippen LogP contribution in [0.4, 0.5) is 5.82 Å². The molecular weight excluding hydrogens is 352 g/mol. The molecule has 0 bridgehead atoms. The standard InChI is InChI=1S/C22H26N4O2/c1-15(21(28)26-13-11-22(9-10-22)12-14-26)24-20(27)17-7-8-18(25-19(17)23)16-5-3-2-4-6-16/h2-8,15H,9-14H2,1H3,(H2,23,25)(H,24,27)/t15-/m0/s1. The fourth-order valence-electron chi connectivity index (χ4n) is 3.92. The molecule has 4 rings (SSSR count). The third kappa shape index (κ3) is 3.72. The number of hydrogen-bond acceptors (Lipinski definition) is 4. The predicted octanol–water partition coefficient (Wildman–Crippen LogP) is 2.85. The largest absolute Gasteiger partial charge is 0.383 e. The van der Waals surface area contributed by atoms with Crippen molar-refractivity contribution in [2.24, 2.45) is 5.41 Å². The molecule has 2 amide bonds. The van der Waals surface area contributed by atoms with Crippen LogP contribution in [0.15, 0.2) is 42.5 Å². The Morgan fingerprint density at radius 2 is 1.75 bits per heavy atom. The van der Waals surface area contributed by atoms with Crippen molar-refractivity contribution in [1.82, 2.24) is 15.2 Å². The van der Waals surface area contributed by atoms with Gasteiger partial charge in [0.1, 0.15) is 11.9 Å². The lowest BCUT2D eigenvalue weighted by Crippen LogP contribution is -2.49. The summed E-state index contributed by atoms with van der Waals surface area (Å²) in [6.45, 7) is 3.30. The van der Waals surface area contributed by atoms with Gasteiger partial charge in [0.05, 0.1) is 11.3 Å². The lowest BCUT2D eigenvalue weighted by atomic mass is 9.93. The van der Waals surface area contributed by atoms with Crippen LogP contribution in [0, 0.1) is 5.41 Å². The molecule has 2 heterocycles. The molecule has 2 aromatic rings. The second kappa shape index (κ2) is 7.26. The first-order valence-corrected chi connectivity index (χ1v) is 9.89. The number of piperidine rings is 1. The van der Waals surface area contributed by atoms with Crippen molar-refractivity contribution in [2.45, 2.75) is 38.6 Å². The molecule has 1 aliphatic heterocycles. The highest BCUT2D eigenvalue weighted by atomic mass is 16.2. The Bertz CT molecular complexity index is 883. The van der Waals surface area contributed by atoms with E-state index in [0.29, 0.717) is 11.1 Å². The van der Waals surface area contributed by atoms with Gasteiger partial charge in [-0.3, -0.25) is 9.59 Å². The van der Waals surface area contributed by atoms with Crippen LogP contribution < -0.4 is 11.1 Å². The first-order valence-electron chi connectivity index (χ1n) is 9.89. The van der Waals surface area contributed by atoms with E-state index in [4.69, 9.17) is 5.73 Å². The topological polar surface area (TPSA) is 88.3 Å². The molecule has 1 saturated carbocycles. The number of benzene rings is 1. The molecule has 146 valence electrons. The van der Waals surface area contributed by atoms with Gasteiger partial charge in [-0.25, -0.2) is 4.98 Å². The van der Waals surface area contributed by atoms with E-state index < -0.39 is 6.04 Å². The third-order valence-corrected chi connectivity index (χ3v) is 6.05. The maximum Gasteiger partial charge on any atom is 0.255 e. The Morgan fingerprint density at radius 1 is 1.07 bits per heavy atom. The minimum absolute atomic E-state index is 0.0312. The number of carbonyl (C=O) groups excluding carboxylic acids is 2. The Morgan fingerprint density at radius 3 is 2.36 bits per heavy atom. The van der Waals surface area contributed by atoms with Gasteiger partial charge in [0.25, 0.3) is 5.91 Å². The maximum absolute atomic E-state index is 12.7. The minimum Gasteiger partial charge on any atom is -0.383 e. The number of pyridine rings is 1. The van der Waals surface area contributed by atoms with Crippen LogP contribution >= 0.6 is 0 Å². The second-order valence-corrected chi connectivity index (χ2v) is 8.02. The number of carbonyl (C=O) groups is 2. The summed E-state index contributed by atoms with van der Waals surface area (Å²) in [6.07, 6.45) is 4.76. The lowest BCUT2D eigenvalue weighted by Gasteiger charge is -2.33. The molecule has 2 fully saturated rings. The number of anilines is 1. The van der Waals surface area contributed by atoms with E-state index in [1.54, 1.807) is 19.1 Å². The fourth-order valence-corrected chi connectivity index (χ4v) is 3.92. The highest BCUT2D eigenvalue weighted by Crippen LogP contribution is 2.53. The normalized spacial score (nSPS) is 18.5. The van der Waals surface area contributed by atoms with Crippen LogP contribution in [-0.4, -0.2) is 40.8 Å². The van der Waals surface area contributed by atoms with Crippen LogP contribution in [0.5, 0.6) is 0 Å². The molecular formula is C22H26N4O2. The molecule has 1 aliphatic carbocycles. The summed E-state index contributed by atoms with van der Waals surface area (Å²) in [5.41, 5.74) is 8.47. The summed E-state index contributed by atoms with van der Waals surface area (Å²) in [7, 11) is 0. The number of nitrogens with one attached hydrogen (secondary N) is 1. The number of nitrogens with two attached hydrogens (primary N) is 1. The summed E-state index contributed by atoms with van der Waals surface area (Å²) < 4.78 is 0. The maximum atomic E-state index is 12.7. The second-order valence-electron chi connectivity index (χ2n) is 8.02. The Kier molecular flexibility index (Phi) is 4.79. The lowest BCUT2D eigenvalue weighted by molar-refractivity contribution is -0.134. The van der Waals surface area contributed by atoms with E-state index in [-0.39, 0.29) is 23.2 Å². The molecule has 28 heavy (non-hydrogen) atoms. The van der Waals surface area contributed by atoms with Crippen molar-refractivity contribution >= 4 is 17.6 Å². The molecule has 0 unspecified atom stereocenters. The molecule has 3 N–H and O–H groups in total. The Labute approximate surface area is 165 Å². The van der Waals surface area contributed by atoms with E-state index in [1.807, 2.05) is 35.2 Å². The molecule has 6 heteroatoms. The van der Waals surface area contributed by atoms with Crippen molar-refractivity contribution < 1.29 is 9.59 Å². The van der Waals surface area contributed by atoms with Gasteiger partial charge in [-0.1, -0.05) is 30.3 Å². The molecule has 1 aromatic carbocycles. The van der Waals surface area contributed by atoms with Crippen molar-refractivity contribution in [1.29, 1.82) is 0 Å². The molecule has 6 nitrogen and oxygen atoms in total. The number of amides is 2. The average molecular weight is 378 g/mol. The third-order valence-electron chi connectivity index (χ3n) is 6.05. The number of aromatic nitrogens is 1. The number of likely N-dealkylation sites (tertiary alicyclic amines) is 1. The van der Waals surface area contributed by atoms with Crippen molar-refractivity contribution in [3.8, 4) is 11.3 Å². The number of nitrogens with zero attached hydrogens (tertiary/aromatic N) is 2. The van der Waals surface area contributed by atoms with Gasteiger partial charge in [-0.15, -0.1) is 0 Å². The number of nitrogen functional groups attached to an aromatic ring is 1. The van der Waals surface area contributed by atoms with Gasteiger partial charge in [0.2, 0.25) is 5.91 Å². The smallest absolute Gasteiger partial charge is 0.255 e. The SMILES string of the molecule is C[C@H](NC(=O)c1ccc(-c2ccccc2)nc1N)C(=O)N1CCC2(CC1)CC2. The van der Waals surface area contributed by atoms with E-state index >= 15 is 0 Å². The van der Waals surface area contributed by atoms with Gasteiger partial charge >= 0.3 is 0 Å². The zero-order chi connectivity index (χ0) is 19.7. The zero-order valence-electron chi connectivity index (χ0n) is 16.1. The zero-order valence-corrected chi connectivity index (χ0v) is 16.1. The van der Waals surface area contributed by atoms with E-state index in [0.717, 1.165) is 31.5 Å². The molecule has 1 spiro atoms. The van der Waals surface area contributed by atoms with E-state index in [9.17, 15) is 9.59 Å². The first kappa shape index (κ1) is 18.5. The number of rotatable bonds is 4. The summed E-state index contributed by atoms with van der Waals surface area (Å²) in [6, 6.07) is 12.5. The summed E-state index contributed by atoms with van der Waals surface area (Å²) in [4.78, 5) is 31.5. The van der Waals surface area contributed by atoms with Crippen LogP contribution in [0.1, 0.15) is 43.0 Å². The predicted molar refractivity (Wildman–Crippen MR) is 108 cm³/mol. The molecule has 1 saturated heterocycles. The quantitative estimate of drug-likeness (QED) is 0.856. The van der Waals surface area contributed by atoms with Crippen LogP contribution in [-0.2, 0) is 4.79 Å². The Balaban J connectivity index is 1.39. The van der Waals surface area contributed by atoms with Gasteiger partial charge in [0.15, 0.2) is 0 Å². The first-order chi connectivity index (χ1) is 13.5. The molecule has 0 radical (unpaired) electrons. The van der Waals surface area contributed by atoms with Crippen LogP contribution in [0.2, 0.25) is 0 Å². The van der Waals surface area contributed by atoms with Crippen LogP contribution in [0.25, 0.3) is 11.3 Å². The van der Waals surface area contributed by atoms with E-state index in [1.165, 1.54) is 12.8 Å². The average Bonchev–Trinajstić information content (AvgIpc) is 3.47. The van der Waals surface area contributed by atoms with Gasteiger partial charge in [0, 0.05) is 18.7 Å². The minimum atomic E-state index is -0.589. The highest BCUT2D eigenvalue weighted by molar-refractivity contribution is 6.01. The molecule has 1 aromatic heterocycles. The van der Waals surface area contributed by atoms with E-state index in [2.05, 4.69) is 10.3 Å². The summed E-state index contributed by atoms with van der Waals surface area (Å²) >= 11 is 0. The molecule has 1 atom stereocenters. The van der Waals surface area contributed by atoms with Gasteiger partial charge < -0.3 is 16.0 Å². The highest BCUT2D eigenvalue weighted by Gasteiger charge is 2.45. The van der Waals surface area contributed by atoms with Gasteiger partial charge in [-0.2, -0.15) is 0 Å². The molecule has 2 aliphatic rings. The van der Waals surface area contributed by atoms with Crippen molar-refractivity contribution in [3.05, 3.63) is 48.0 Å². The van der Waals surface area contributed by atoms with Crippen molar-refractivity contribution in [2.75, 3.05) is 18.8 Å². The monoisotopic (exact) mass is 378 g/mol. The fraction of sp³-hybridized carbons (Fsp3) is 0.409. The summed E-state index contributed by atoms with van der Waals surface area (Å²) in [5, 5.41) is 2.78. The van der Waals surface area contributed by atoms with Crippen molar-refractivity contribution in [3.63, 3.8) is 0 Å². The summed E-state index contributed by atoms with van der Waals surface area (Å²) in [5.74, 6) is -0.246.